The third kappa shape index (κ3) is 4.24. The van der Waals surface area contributed by atoms with Crippen LogP contribution in [0.15, 0.2) is 152 Å². The Balaban J connectivity index is 1.23. The van der Waals surface area contributed by atoms with E-state index in [9.17, 15) is 10.5 Å². The molecule has 0 amide bonds. The molecule has 0 fully saturated rings. The van der Waals surface area contributed by atoms with Gasteiger partial charge in [0.1, 0.15) is 0 Å². The monoisotopic (exact) mass is 635 g/mol. The van der Waals surface area contributed by atoms with E-state index in [-0.39, 0.29) is 0 Å². The average molecular weight is 636 g/mol. The molecule has 0 bridgehead atoms. The standard InChI is InChI=1S/C45H25N5/c1-48-45-37(15-10-20-44(45)50-42-19-9-5-14-36(42)38-25-29(27-46)21-24-43(38)50)32-23-22-30(26-31(32)28-47)33-11-2-6-16-39(33)49-40-17-7-3-12-34(40)35-13-4-8-18-41(35)49/h2-26H. The van der Waals surface area contributed by atoms with Gasteiger partial charge in [0.2, 0.25) is 5.69 Å². The summed E-state index contributed by atoms with van der Waals surface area (Å²) in [5.74, 6) is 0. The summed E-state index contributed by atoms with van der Waals surface area (Å²) in [5.41, 5.74) is 10.7. The third-order valence-corrected chi connectivity index (χ3v) is 9.64. The fourth-order valence-electron chi connectivity index (χ4n) is 7.48. The third-order valence-electron chi connectivity index (χ3n) is 9.64. The van der Waals surface area contributed by atoms with Crippen LogP contribution in [0.5, 0.6) is 0 Å². The van der Waals surface area contributed by atoms with Gasteiger partial charge in [-0.1, -0.05) is 97.1 Å². The molecule has 2 heterocycles. The number of nitrogens with zero attached hydrogens (tertiary/aromatic N) is 5. The molecule has 0 aliphatic carbocycles. The Hall–Kier alpha value is -7.39. The minimum Gasteiger partial charge on any atom is -0.319 e. The van der Waals surface area contributed by atoms with E-state index in [1.165, 1.54) is 10.8 Å². The van der Waals surface area contributed by atoms with Crippen LogP contribution < -0.4 is 0 Å². The van der Waals surface area contributed by atoms with Gasteiger partial charge < -0.3 is 9.13 Å². The zero-order valence-electron chi connectivity index (χ0n) is 26.7. The first-order chi connectivity index (χ1) is 24.7. The van der Waals surface area contributed by atoms with Gasteiger partial charge in [-0.25, -0.2) is 4.85 Å². The number of hydrogen-bond donors (Lipinski definition) is 0. The van der Waals surface area contributed by atoms with Crippen molar-refractivity contribution in [1.29, 1.82) is 10.5 Å². The molecule has 5 nitrogen and oxygen atoms in total. The minimum absolute atomic E-state index is 0.453. The highest BCUT2D eigenvalue weighted by molar-refractivity contribution is 6.11. The summed E-state index contributed by atoms with van der Waals surface area (Å²) in [4.78, 5) is 4.08. The van der Waals surface area contributed by atoms with Gasteiger partial charge in [-0.05, 0) is 71.3 Å². The summed E-state index contributed by atoms with van der Waals surface area (Å²) in [7, 11) is 0. The lowest BCUT2D eigenvalue weighted by atomic mass is 9.93. The largest absolute Gasteiger partial charge is 0.319 e. The topological polar surface area (TPSA) is 61.8 Å². The first kappa shape index (κ1) is 28.8. The second-order valence-electron chi connectivity index (χ2n) is 12.2. The Morgan fingerprint density at radius 1 is 0.460 bits per heavy atom. The second kappa shape index (κ2) is 11.4. The molecule has 0 unspecified atom stereocenters. The van der Waals surface area contributed by atoms with Gasteiger partial charge in [-0.15, -0.1) is 0 Å². The van der Waals surface area contributed by atoms with Crippen LogP contribution in [-0.4, -0.2) is 9.13 Å². The van der Waals surface area contributed by atoms with Gasteiger partial charge in [-0.2, -0.15) is 10.5 Å². The predicted molar refractivity (Wildman–Crippen MR) is 202 cm³/mol. The van der Waals surface area contributed by atoms with Gasteiger partial charge in [-0.3, -0.25) is 0 Å². The smallest absolute Gasteiger partial charge is 0.218 e. The SMILES string of the molecule is [C-]#[N+]c1c(-c2ccc(-c3ccccc3-n3c4ccccc4c4ccccc43)cc2C#N)cccc1-n1c2ccccc2c2cc(C#N)ccc21. The zero-order chi connectivity index (χ0) is 33.8. The van der Waals surface area contributed by atoms with Crippen LogP contribution in [0.3, 0.4) is 0 Å². The Morgan fingerprint density at radius 2 is 1.02 bits per heavy atom. The highest BCUT2D eigenvalue weighted by Crippen LogP contribution is 2.43. The molecule has 0 aliphatic heterocycles. The summed E-state index contributed by atoms with van der Waals surface area (Å²) in [6.07, 6.45) is 0. The zero-order valence-corrected chi connectivity index (χ0v) is 26.7. The summed E-state index contributed by atoms with van der Waals surface area (Å²) < 4.78 is 4.39. The molecule has 230 valence electrons. The molecular formula is C45H25N5. The second-order valence-corrected chi connectivity index (χ2v) is 12.2. The van der Waals surface area contributed by atoms with Gasteiger partial charge >= 0.3 is 0 Å². The van der Waals surface area contributed by atoms with Crippen molar-refractivity contribution in [2.45, 2.75) is 0 Å². The average Bonchev–Trinajstić information content (AvgIpc) is 3.69. The van der Waals surface area contributed by atoms with E-state index < -0.39 is 0 Å². The fraction of sp³-hybridized carbons (Fsp3) is 0. The van der Waals surface area contributed by atoms with Crippen molar-refractivity contribution in [3.63, 3.8) is 0 Å². The fourth-order valence-corrected chi connectivity index (χ4v) is 7.48. The molecule has 0 radical (unpaired) electrons. The maximum Gasteiger partial charge on any atom is 0.218 e. The van der Waals surface area contributed by atoms with Crippen LogP contribution in [0.2, 0.25) is 0 Å². The van der Waals surface area contributed by atoms with Crippen LogP contribution >= 0.6 is 0 Å². The van der Waals surface area contributed by atoms with Crippen molar-refractivity contribution in [2.24, 2.45) is 0 Å². The van der Waals surface area contributed by atoms with E-state index in [0.717, 1.165) is 55.3 Å². The van der Waals surface area contributed by atoms with E-state index >= 15 is 0 Å². The molecule has 50 heavy (non-hydrogen) atoms. The Kier molecular flexibility index (Phi) is 6.56. The lowest BCUT2D eigenvalue weighted by Gasteiger charge is -2.16. The van der Waals surface area contributed by atoms with Crippen molar-refractivity contribution in [3.05, 3.63) is 174 Å². The molecule has 7 aromatic carbocycles. The quantitative estimate of drug-likeness (QED) is 0.181. The van der Waals surface area contributed by atoms with Crippen molar-refractivity contribution < 1.29 is 0 Å². The molecule has 0 saturated heterocycles. The Bertz CT molecular complexity index is 2920. The van der Waals surface area contributed by atoms with E-state index in [1.54, 1.807) is 0 Å². The first-order valence-corrected chi connectivity index (χ1v) is 16.3. The van der Waals surface area contributed by atoms with Gasteiger partial charge in [0.15, 0.2) is 0 Å². The van der Waals surface area contributed by atoms with Crippen molar-refractivity contribution in [1.82, 2.24) is 9.13 Å². The number of para-hydroxylation sites is 5. The molecule has 9 aromatic rings. The normalized spacial score (nSPS) is 11.1. The maximum absolute atomic E-state index is 10.6. The molecule has 5 heteroatoms. The maximum atomic E-state index is 10.6. The molecule has 9 rings (SSSR count). The lowest BCUT2D eigenvalue weighted by Crippen LogP contribution is -1.98. The number of nitriles is 2. The van der Waals surface area contributed by atoms with E-state index in [2.05, 4.69) is 86.8 Å². The highest BCUT2D eigenvalue weighted by Gasteiger charge is 2.21. The Labute approximate surface area is 288 Å². The number of fused-ring (bicyclic) bond motifs is 6. The number of benzene rings is 7. The number of aromatic nitrogens is 2. The summed E-state index contributed by atoms with van der Waals surface area (Å²) in [5, 5.41) is 24.5. The van der Waals surface area contributed by atoms with Crippen molar-refractivity contribution in [3.8, 4) is 45.8 Å². The predicted octanol–water partition coefficient (Wildman–Crippen LogP) is 11.5. The summed E-state index contributed by atoms with van der Waals surface area (Å²) in [6, 6.07) is 55.3. The van der Waals surface area contributed by atoms with Gasteiger partial charge in [0, 0.05) is 27.1 Å². The molecule has 2 aromatic heterocycles. The molecule has 0 N–H and O–H groups in total. The highest BCUT2D eigenvalue weighted by atomic mass is 15.0. The first-order valence-electron chi connectivity index (χ1n) is 16.3. The lowest BCUT2D eigenvalue weighted by molar-refractivity contribution is 1.18. The molecule has 0 spiro atoms. The van der Waals surface area contributed by atoms with Crippen molar-refractivity contribution in [2.75, 3.05) is 0 Å². The Morgan fingerprint density at radius 3 is 1.68 bits per heavy atom. The van der Waals surface area contributed by atoms with E-state index in [0.29, 0.717) is 27.9 Å². The number of hydrogen-bond acceptors (Lipinski definition) is 2. The number of rotatable bonds is 4. The van der Waals surface area contributed by atoms with Crippen LogP contribution in [-0.2, 0) is 0 Å². The van der Waals surface area contributed by atoms with Crippen LogP contribution in [0.25, 0.3) is 82.1 Å². The molecule has 0 atom stereocenters. The van der Waals surface area contributed by atoms with Gasteiger partial charge in [0.25, 0.3) is 0 Å². The van der Waals surface area contributed by atoms with Crippen LogP contribution in [0.4, 0.5) is 5.69 Å². The molecule has 0 saturated carbocycles. The van der Waals surface area contributed by atoms with E-state index in [4.69, 9.17) is 6.57 Å². The van der Waals surface area contributed by atoms with Crippen LogP contribution in [0, 0.1) is 29.2 Å². The summed E-state index contributed by atoms with van der Waals surface area (Å²) in [6.45, 7) is 8.38. The minimum atomic E-state index is 0.453. The molecular weight excluding hydrogens is 611 g/mol. The molecule has 0 aliphatic rings. The van der Waals surface area contributed by atoms with Crippen LogP contribution in [0.1, 0.15) is 11.1 Å². The van der Waals surface area contributed by atoms with Gasteiger partial charge in [0.05, 0.1) is 63.3 Å². The summed E-state index contributed by atoms with van der Waals surface area (Å²) >= 11 is 0. The van der Waals surface area contributed by atoms with Crippen molar-refractivity contribution >= 4 is 49.3 Å². The van der Waals surface area contributed by atoms with E-state index in [1.807, 2.05) is 91.0 Å².